The van der Waals surface area contributed by atoms with Gasteiger partial charge in [-0.3, -0.25) is 0 Å². The Morgan fingerprint density at radius 1 is 1.25 bits per heavy atom. The molecule has 4 heteroatoms. The first-order valence-corrected chi connectivity index (χ1v) is 0. The molecule has 0 saturated heterocycles. The maximum atomic E-state index is 0. The maximum absolute atomic E-state index is 0. The summed E-state index contributed by atoms with van der Waals surface area (Å²) in [5.74, 6) is 0. The van der Waals surface area contributed by atoms with Crippen molar-refractivity contribution in [1.82, 2.24) is 0 Å². The molecule has 0 aromatic rings. The number of rotatable bonds is 0. The molecule has 4 heavy (non-hydrogen) atoms. The third-order valence-electron chi connectivity index (χ3n) is 0. The van der Waals surface area contributed by atoms with Gasteiger partial charge in [-0.2, -0.15) is 0 Å². The fourth-order valence-electron chi connectivity index (χ4n) is 0. The minimum atomic E-state index is 0. The van der Waals surface area contributed by atoms with Crippen molar-refractivity contribution < 1.29 is 8.33 Å². The molecule has 0 atom stereocenters. The van der Waals surface area contributed by atoms with E-state index in [0.29, 0.717) is 0 Å². The van der Waals surface area contributed by atoms with Crippen LogP contribution in [0.4, 0.5) is 0 Å². The molecule has 0 heterocycles. The van der Waals surface area contributed by atoms with Gasteiger partial charge in [0.1, 0.15) is 0 Å². The van der Waals surface area contributed by atoms with E-state index in [1.807, 2.05) is 0 Å². The summed E-state index contributed by atoms with van der Waals surface area (Å²) >= 11 is 0. The molecule has 0 rings (SSSR count). The molecule has 0 aromatic carbocycles. The van der Waals surface area contributed by atoms with Gasteiger partial charge in [0.25, 0.3) is 0 Å². The van der Waals surface area contributed by atoms with Gasteiger partial charge in [-0.05, 0) is 0 Å². The zero-order valence-electron chi connectivity index (χ0n) is 3.21. The zero-order valence-corrected chi connectivity index (χ0v) is 2.62. The largest absolute Gasteiger partial charge is 2.00 e. The maximum Gasteiger partial charge on any atom is 2.00 e. The summed E-state index contributed by atoms with van der Waals surface area (Å²) in [6.07, 6.45) is 0. The summed E-state index contributed by atoms with van der Waals surface area (Å²) in [7, 11) is 0. The molecular formula is H10AlGaMgO. The van der Waals surface area contributed by atoms with Crippen LogP contribution in [-0.4, -0.2) is 65.7 Å². The Labute approximate surface area is 68.1 Å². The Kier molecular flexibility index (Phi) is 203. The van der Waals surface area contributed by atoms with Gasteiger partial charge in [0, 0.05) is 0 Å². The van der Waals surface area contributed by atoms with Gasteiger partial charge in [0.05, 0.1) is 0 Å². The molecule has 0 aliphatic rings. The van der Waals surface area contributed by atoms with Crippen LogP contribution >= 0.6 is 0 Å². The zero-order chi connectivity index (χ0) is 0. The quantitative estimate of drug-likeness (QED) is 0.321. The van der Waals surface area contributed by atoms with Crippen LogP contribution in [0.2, 0.25) is 0 Å². The topological polar surface area (TPSA) is 31.5 Å². The molecule has 0 amide bonds. The Bertz CT molecular complexity index is 13.5. The van der Waals surface area contributed by atoms with Crippen LogP contribution in [0, 0.1) is 0 Å². The first kappa shape index (κ1) is 39.3. The first-order chi connectivity index (χ1) is 0. The molecule has 24 valence electrons. The molecule has 0 aromatic heterocycles. The number of hydrogen-bond donors (Lipinski definition) is 0. The molecule has 0 spiro atoms. The Morgan fingerprint density at radius 2 is 1.25 bits per heavy atom. The average molecular weight is 147 g/mol. The predicted molar refractivity (Wildman–Crippen MR) is 31.5 cm³/mol. The molecule has 0 radical (unpaired) electrons. The smallest absolute Gasteiger partial charge is 1.00 e. The summed E-state index contributed by atoms with van der Waals surface area (Å²) in [5.41, 5.74) is 0. The van der Waals surface area contributed by atoms with Gasteiger partial charge in [-0.1, -0.05) is 0 Å². The minimum Gasteiger partial charge on any atom is -1.00 e. The molecule has 2 N–H and O–H groups in total. The predicted octanol–water partition coefficient (Wildman–Crippen LogP) is -3.35. The van der Waals surface area contributed by atoms with Crippen molar-refractivity contribution >= 4 is 60.2 Å². The first-order valence-electron chi connectivity index (χ1n) is 0. The van der Waals surface area contributed by atoms with E-state index in [1.165, 1.54) is 0 Å². The second-order valence-electron chi connectivity index (χ2n) is 0. The van der Waals surface area contributed by atoms with Gasteiger partial charge in [0.15, 0.2) is 17.4 Å². The Hall–Kier alpha value is 1.90. The van der Waals surface area contributed by atoms with Crippen molar-refractivity contribution in [3.8, 4) is 0 Å². The Balaban J connectivity index is 0. The molecule has 0 bridgehead atoms. The van der Waals surface area contributed by atoms with Gasteiger partial charge in [-0.15, -0.1) is 0 Å². The van der Waals surface area contributed by atoms with Crippen LogP contribution < -0.4 is 0 Å². The summed E-state index contributed by atoms with van der Waals surface area (Å²) in [4.78, 5) is 0. The van der Waals surface area contributed by atoms with Crippen molar-refractivity contribution in [1.29, 1.82) is 0 Å². The van der Waals surface area contributed by atoms with E-state index >= 15 is 0 Å². The summed E-state index contributed by atoms with van der Waals surface area (Å²) in [6.45, 7) is 0. The molecule has 0 saturated carbocycles. The van der Waals surface area contributed by atoms with Crippen LogP contribution in [-0.2, 0) is 0 Å². The van der Waals surface area contributed by atoms with Crippen LogP contribution in [0.5, 0.6) is 0 Å². The third-order valence-corrected chi connectivity index (χ3v) is 0. The normalized spacial score (nSPS) is 0. The Morgan fingerprint density at radius 3 is 1.25 bits per heavy atom. The SMILES string of the molecule is O.[AlH3].[GaH3].[H-].[H-].[Mg+2]. The third kappa shape index (κ3) is 9.09. The fraction of sp³-hybridized carbons (Fsp3) is 0. The summed E-state index contributed by atoms with van der Waals surface area (Å²) in [5, 5.41) is 0. The average Bonchev–Trinajstić information content (AvgIpc) is 0. The van der Waals surface area contributed by atoms with Crippen molar-refractivity contribution in [3.63, 3.8) is 0 Å². The van der Waals surface area contributed by atoms with Crippen molar-refractivity contribution in [3.05, 3.63) is 0 Å². The molecular weight excluding hydrogens is 137 g/mol. The van der Waals surface area contributed by atoms with E-state index in [9.17, 15) is 0 Å². The van der Waals surface area contributed by atoms with Crippen LogP contribution in [0.25, 0.3) is 0 Å². The molecule has 0 aliphatic carbocycles. The van der Waals surface area contributed by atoms with Crippen molar-refractivity contribution in [2.24, 2.45) is 0 Å². The minimum absolute atomic E-state index is 0. The van der Waals surface area contributed by atoms with Gasteiger partial charge >= 0.3 is 42.8 Å². The standard InChI is InChI=1S/Al.Ga.Mg.H2O.8H/h;;;1H2;;;;;;;;/q;;+2;;;;;;;;2*-1. The van der Waals surface area contributed by atoms with E-state index in [1.54, 1.807) is 0 Å². The second-order valence-corrected chi connectivity index (χ2v) is 0. The van der Waals surface area contributed by atoms with E-state index < -0.39 is 0 Å². The van der Waals surface area contributed by atoms with Crippen molar-refractivity contribution in [2.45, 2.75) is 0 Å². The molecule has 1 nitrogen and oxygen atoms in total. The second kappa shape index (κ2) is 20.7. The van der Waals surface area contributed by atoms with E-state index in [0.717, 1.165) is 0 Å². The van der Waals surface area contributed by atoms with Gasteiger partial charge in [-0.25, -0.2) is 0 Å². The molecule has 0 fully saturated rings. The van der Waals surface area contributed by atoms with Gasteiger partial charge < -0.3 is 8.33 Å². The van der Waals surface area contributed by atoms with Crippen LogP contribution in [0.3, 0.4) is 0 Å². The monoisotopic (exact) mass is 146 g/mol. The van der Waals surface area contributed by atoms with Crippen molar-refractivity contribution in [2.75, 3.05) is 0 Å². The summed E-state index contributed by atoms with van der Waals surface area (Å²) in [6, 6.07) is 0. The van der Waals surface area contributed by atoms with Crippen LogP contribution in [0.15, 0.2) is 0 Å². The number of hydrogen-bond acceptors (Lipinski definition) is 0. The van der Waals surface area contributed by atoms with Gasteiger partial charge in [0.2, 0.25) is 0 Å². The van der Waals surface area contributed by atoms with E-state index in [-0.39, 0.29) is 68.5 Å². The fourth-order valence-corrected chi connectivity index (χ4v) is 0. The van der Waals surface area contributed by atoms with E-state index in [2.05, 4.69) is 0 Å². The molecule has 0 aliphatic heterocycles. The summed E-state index contributed by atoms with van der Waals surface area (Å²) < 4.78 is 0. The van der Waals surface area contributed by atoms with Crippen LogP contribution in [0.1, 0.15) is 2.85 Å². The van der Waals surface area contributed by atoms with E-state index in [4.69, 9.17) is 0 Å². The molecule has 0 unspecified atom stereocenters.